The molecule has 0 unspecified atom stereocenters. The van der Waals surface area contributed by atoms with Crippen LogP contribution in [0.2, 0.25) is 0 Å². The van der Waals surface area contributed by atoms with Gasteiger partial charge < -0.3 is 4.57 Å². The topological polar surface area (TPSA) is 22.8 Å². The summed E-state index contributed by atoms with van der Waals surface area (Å²) >= 11 is 0. The molecule has 0 saturated carbocycles. The SMILES string of the molecule is c1ccc(-n2c3ccc(-c4ccc5c(c4)c4ccccc4n5-c4cc5c6c(cccc6n4)-c4ccccc4-5)cc3c3c4ccccc4ccc32)cc1. The fraction of sp³-hybridized carbons (Fsp3) is 0. The second-order valence-electron chi connectivity index (χ2n) is 13.9. The zero-order chi connectivity index (χ0) is 33.9. The quantitative estimate of drug-likeness (QED) is 0.185. The summed E-state index contributed by atoms with van der Waals surface area (Å²) in [4.78, 5) is 5.32. The molecule has 0 N–H and O–H groups in total. The Hall–Kier alpha value is -6.97. The average molecular weight is 660 g/mol. The maximum Gasteiger partial charge on any atom is 0.138 e. The summed E-state index contributed by atoms with van der Waals surface area (Å²) in [5.74, 6) is 0.942. The average Bonchev–Trinajstić information content (AvgIpc) is 3.84. The lowest BCUT2D eigenvalue weighted by Crippen LogP contribution is -1.98. The van der Waals surface area contributed by atoms with Gasteiger partial charge in [0.15, 0.2) is 0 Å². The molecule has 0 fully saturated rings. The number of rotatable bonds is 3. The number of hydrogen-bond donors (Lipinski definition) is 0. The minimum atomic E-state index is 0.942. The van der Waals surface area contributed by atoms with Gasteiger partial charge in [-0.2, -0.15) is 0 Å². The maximum absolute atomic E-state index is 5.32. The number of para-hydroxylation sites is 2. The van der Waals surface area contributed by atoms with E-state index in [9.17, 15) is 0 Å². The van der Waals surface area contributed by atoms with Gasteiger partial charge in [0.25, 0.3) is 0 Å². The second-order valence-corrected chi connectivity index (χ2v) is 13.9. The molecule has 0 bridgehead atoms. The van der Waals surface area contributed by atoms with Crippen LogP contribution in [-0.4, -0.2) is 14.1 Å². The van der Waals surface area contributed by atoms with Crippen LogP contribution in [0.15, 0.2) is 176 Å². The van der Waals surface area contributed by atoms with Crippen molar-refractivity contribution < 1.29 is 0 Å². The van der Waals surface area contributed by atoms with Gasteiger partial charge in [0.1, 0.15) is 5.82 Å². The van der Waals surface area contributed by atoms with E-state index in [0.717, 1.165) is 22.4 Å². The lowest BCUT2D eigenvalue weighted by molar-refractivity contribution is 1.10. The first-order chi connectivity index (χ1) is 25.8. The molecule has 0 aliphatic heterocycles. The molecule has 0 amide bonds. The molecular formula is C49H29N3. The van der Waals surface area contributed by atoms with E-state index in [1.165, 1.54) is 87.8 Å². The van der Waals surface area contributed by atoms with Crippen molar-refractivity contribution in [3.05, 3.63) is 176 Å². The zero-order valence-corrected chi connectivity index (χ0v) is 28.1. The van der Waals surface area contributed by atoms with Gasteiger partial charge in [-0.1, -0.05) is 115 Å². The van der Waals surface area contributed by atoms with Crippen LogP contribution in [0, 0.1) is 0 Å². The Morgan fingerprint density at radius 2 is 0.981 bits per heavy atom. The highest BCUT2D eigenvalue weighted by Gasteiger charge is 2.24. The molecule has 12 rings (SSSR count). The lowest BCUT2D eigenvalue weighted by Gasteiger charge is -2.11. The minimum absolute atomic E-state index is 0.942. The first-order valence-corrected chi connectivity index (χ1v) is 17.9. The van der Waals surface area contributed by atoms with Gasteiger partial charge in [-0.05, 0) is 105 Å². The van der Waals surface area contributed by atoms with E-state index in [2.05, 4.69) is 185 Å². The summed E-state index contributed by atoms with van der Waals surface area (Å²) in [6, 6.07) is 64.2. The molecule has 3 heteroatoms. The van der Waals surface area contributed by atoms with E-state index < -0.39 is 0 Å². The van der Waals surface area contributed by atoms with Crippen molar-refractivity contribution in [3.63, 3.8) is 0 Å². The lowest BCUT2D eigenvalue weighted by atomic mass is 9.99. The summed E-state index contributed by atoms with van der Waals surface area (Å²) in [5, 5.41) is 8.76. The summed E-state index contributed by atoms with van der Waals surface area (Å²) < 4.78 is 4.75. The normalized spacial score (nSPS) is 12.2. The summed E-state index contributed by atoms with van der Waals surface area (Å²) in [5.41, 5.74) is 14.4. The number of hydrogen-bond acceptors (Lipinski definition) is 1. The Labute approximate surface area is 299 Å². The van der Waals surface area contributed by atoms with Crippen LogP contribution in [0.25, 0.3) is 110 Å². The van der Waals surface area contributed by atoms with Gasteiger partial charge in [-0.3, -0.25) is 4.57 Å². The summed E-state index contributed by atoms with van der Waals surface area (Å²) in [6.45, 7) is 0. The molecule has 8 aromatic carbocycles. The predicted molar refractivity (Wildman–Crippen MR) is 218 cm³/mol. The smallest absolute Gasteiger partial charge is 0.138 e. The van der Waals surface area contributed by atoms with Crippen molar-refractivity contribution in [1.82, 2.24) is 14.1 Å². The van der Waals surface area contributed by atoms with Crippen LogP contribution < -0.4 is 0 Å². The Kier molecular flexibility index (Phi) is 5.50. The van der Waals surface area contributed by atoms with Crippen LogP contribution in [0.5, 0.6) is 0 Å². The van der Waals surface area contributed by atoms with E-state index >= 15 is 0 Å². The van der Waals surface area contributed by atoms with Gasteiger partial charge >= 0.3 is 0 Å². The molecule has 0 radical (unpaired) electrons. The molecule has 11 aromatic rings. The minimum Gasteiger partial charge on any atom is -0.309 e. The van der Waals surface area contributed by atoms with E-state index in [1.54, 1.807) is 0 Å². The Morgan fingerprint density at radius 1 is 0.346 bits per heavy atom. The highest BCUT2D eigenvalue weighted by Crippen LogP contribution is 2.48. The molecule has 3 heterocycles. The molecule has 0 saturated heterocycles. The standard InChI is InChI=1S/C49H29N3/c1-2-12-33(13-3-1)51-45-25-23-32(28-41(45)49-34-14-5-4-11-30(34)21-26-46(49)51)31-22-24-44-39(27-31)37-17-8-9-20-43(37)52(44)47-29-40-36-16-7-6-15-35(36)38-18-10-19-42(50-47)48(38)40/h1-29H. The summed E-state index contributed by atoms with van der Waals surface area (Å²) in [7, 11) is 0. The number of fused-ring (bicyclic) bond motifs is 11. The molecule has 240 valence electrons. The van der Waals surface area contributed by atoms with Crippen molar-refractivity contribution in [2.45, 2.75) is 0 Å². The Balaban J connectivity index is 1.09. The van der Waals surface area contributed by atoms with Crippen LogP contribution in [0.3, 0.4) is 0 Å². The van der Waals surface area contributed by atoms with Gasteiger partial charge in [0, 0.05) is 32.6 Å². The molecule has 0 atom stereocenters. The second kappa shape index (κ2) is 10.3. The van der Waals surface area contributed by atoms with Crippen molar-refractivity contribution >= 4 is 65.3 Å². The third kappa shape index (κ3) is 3.72. The van der Waals surface area contributed by atoms with Crippen LogP contribution in [0.4, 0.5) is 0 Å². The number of nitrogens with zero attached hydrogens (tertiary/aromatic N) is 3. The zero-order valence-electron chi connectivity index (χ0n) is 28.1. The fourth-order valence-corrected chi connectivity index (χ4v) is 9.00. The van der Waals surface area contributed by atoms with Crippen molar-refractivity contribution in [1.29, 1.82) is 0 Å². The molecule has 0 spiro atoms. The van der Waals surface area contributed by atoms with E-state index in [4.69, 9.17) is 4.98 Å². The van der Waals surface area contributed by atoms with E-state index in [-0.39, 0.29) is 0 Å². The Bertz CT molecular complexity index is 3290. The van der Waals surface area contributed by atoms with Crippen LogP contribution >= 0.6 is 0 Å². The first-order valence-electron chi connectivity index (χ1n) is 17.9. The highest BCUT2D eigenvalue weighted by atomic mass is 15.1. The number of aromatic nitrogens is 3. The first kappa shape index (κ1) is 27.8. The van der Waals surface area contributed by atoms with E-state index in [1.807, 2.05) is 0 Å². The highest BCUT2D eigenvalue weighted by molar-refractivity contribution is 6.22. The molecule has 1 aliphatic carbocycles. The molecule has 52 heavy (non-hydrogen) atoms. The van der Waals surface area contributed by atoms with E-state index in [0.29, 0.717) is 0 Å². The van der Waals surface area contributed by atoms with Crippen LogP contribution in [-0.2, 0) is 0 Å². The van der Waals surface area contributed by atoms with Crippen molar-refractivity contribution in [3.8, 4) is 44.9 Å². The number of pyridine rings is 1. The molecule has 1 aliphatic rings. The van der Waals surface area contributed by atoms with Crippen molar-refractivity contribution in [2.24, 2.45) is 0 Å². The Morgan fingerprint density at radius 3 is 1.83 bits per heavy atom. The fourth-order valence-electron chi connectivity index (χ4n) is 9.00. The van der Waals surface area contributed by atoms with Crippen molar-refractivity contribution in [2.75, 3.05) is 0 Å². The van der Waals surface area contributed by atoms with Crippen LogP contribution in [0.1, 0.15) is 0 Å². The monoisotopic (exact) mass is 659 g/mol. The van der Waals surface area contributed by atoms with Gasteiger partial charge in [-0.25, -0.2) is 4.98 Å². The third-order valence-electron chi connectivity index (χ3n) is 11.2. The summed E-state index contributed by atoms with van der Waals surface area (Å²) in [6.07, 6.45) is 0. The predicted octanol–water partition coefficient (Wildman–Crippen LogP) is 12.9. The van der Waals surface area contributed by atoms with Gasteiger partial charge in [0.05, 0.1) is 27.6 Å². The molecule has 3 nitrogen and oxygen atoms in total. The molecule has 3 aromatic heterocycles. The maximum atomic E-state index is 5.32. The van der Waals surface area contributed by atoms with Gasteiger partial charge in [0.2, 0.25) is 0 Å². The largest absolute Gasteiger partial charge is 0.309 e. The third-order valence-corrected chi connectivity index (χ3v) is 11.2. The number of benzene rings is 8. The van der Waals surface area contributed by atoms with Gasteiger partial charge in [-0.15, -0.1) is 0 Å². The molecular weight excluding hydrogens is 631 g/mol.